The van der Waals surface area contributed by atoms with Gasteiger partial charge in [0.2, 0.25) is 17.7 Å². The third-order valence-corrected chi connectivity index (χ3v) is 6.55. The minimum atomic E-state index is -1.10. The van der Waals surface area contributed by atoms with E-state index in [2.05, 4.69) is 10.6 Å². The number of hydrogen-bond acceptors (Lipinski definition) is 6. The highest BCUT2D eigenvalue weighted by Gasteiger charge is 2.38. The van der Waals surface area contributed by atoms with Crippen LogP contribution in [0.2, 0.25) is 0 Å². The van der Waals surface area contributed by atoms with Crippen molar-refractivity contribution in [3.63, 3.8) is 0 Å². The molecule has 10 heteroatoms. The number of amides is 3. The zero-order valence-corrected chi connectivity index (χ0v) is 20.7. The molecule has 5 atom stereocenters. The molecule has 1 aliphatic rings. The van der Waals surface area contributed by atoms with Crippen molar-refractivity contribution in [1.82, 2.24) is 15.5 Å². The number of carbonyl (C=O) groups excluding carboxylic acids is 3. The molecule has 0 aromatic carbocycles. The normalized spacial score (nSPS) is 19.8. The van der Waals surface area contributed by atoms with Gasteiger partial charge in [0.05, 0.1) is 6.04 Å². The van der Waals surface area contributed by atoms with Gasteiger partial charge in [-0.1, -0.05) is 34.1 Å². The van der Waals surface area contributed by atoms with E-state index >= 15 is 0 Å². The Morgan fingerprint density at radius 2 is 1.84 bits per heavy atom. The molecule has 0 radical (unpaired) electrons. The highest BCUT2D eigenvalue weighted by Crippen LogP contribution is 2.20. The lowest BCUT2D eigenvalue weighted by Gasteiger charge is -2.30. The summed E-state index contributed by atoms with van der Waals surface area (Å²) < 4.78 is 0. The molecule has 0 spiro atoms. The molecular formula is C22H40N4O5S. The third-order valence-electron chi connectivity index (χ3n) is 5.90. The van der Waals surface area contributed by atoms with Crippen molar-refractivity contribution in [2.75, 3.05) is 18.6 Å². The van der Waals surface area contributed by atoms with Crippen molar-refractivity contribution in [3.05, 3.63) is 0 Å². The molecule has 1 rings (SSSR count). The number of aliphatic carboxylic acids is 1. The van der Waals surface area contributed by atoms with Gasteiger partial charge in [0, 0.05) is 6.54 Å². The van der Waals surface area contributed by atoms with Crippen molar-refractivity contribution in [2.45, 2.75) is 84.0 Å². The number of carbonyl (C=O) groups is 4. The Morgan fingerprint density at radius 1 is 1.19 bits per heavy atom. The predicted molar refractivity (Wildman–Crippen MR) is 126 cm³/mol. The molecule has 9 nitrogen and oxygen atoms in total. The summed E-state index contributed by atoms with van der Waals surface area (Å²) in [5, 5.41) is 14.8. The molecule has 0 aromatic heterocycles. The molecule has 3 amide bonds. The first-order chi connectivity index (χ1) is 15.0. The first kappa shape index (κ1) is 28.2. The van der Waals surface area contributed by atoms with Gasteiger partial charge in [-0.25, -0.2) is 4.79 Å². The van der Waals surface area contributed by atoms with Gasteiger partial charge in [-0.05, 0) is 49.5 Å². The van der Waals surface area contributed by atoms with Gasteiger partial charge >= 0.3 is 5.97 Å². The molecule has 5 unspecified atom stereocenters. The first-order valence-electron chi connectivity index (χ1n) is 11.4. The summed E-state index contributed by atoms with van der Waals surface area (Å²) in [5.41, 5.74) is 6.03. The van der Waals surface area contributed by atoms with Gasteiger partial charge in [0.1, 0.15) is 18.1 Å². The summed E-state index contributed by atoms with van der Waals surface area (Å²) in [4.78, 5) is 51.9. The Bertz CT molecular complexity index is 660. The van der Waals surface area contributed by atoms with E-state index in [9.17, 15) is 24.3 Å². The van der Waals surface area contributed by atoms with Gasteiger partial charge in [0.15, 0.2) is 0 Å². The average Bonchev–Trinajstić information content (AvgIpc) is 3.23. The van der Waals surface area contributed by atoms with E-state index in [0.29, 0.717) is 38.6 Å². The fourth-order valence-corrected chi connectivity index (χ4v) is 4.28. The average molecular weight is 473 g/mol. The zero-order valence-electron chi connectivity index (χ0n) is 19.9. The highest BCUT2D eigenvalue weighted by molar-refractivity contribution is 7.98. The quantitative estimate of drug-likeness (QED) is 0.315. The van der Waals surface area contributed by atoms with E-state index in [1.165, 1.54) is 4.90 Å². The van der Waals surface area contributed by atoms with Crippen LogP contribution in [-0.4, -0.2) is 76.4 Å². The lowest BCUT2D eigenvalue weighted by molar-refractivity contribution is -0.143. The monoisotopic (exact) mass is 472 g/mol. The molecular weight excluding hydrogens is 432 g/mol. The van der Waals surface area contributed by atoms with Crippen LogP contribution >= 0.6 is 11.8 Å². The van der Waals surface area contributed by atoms with Crippen LogP contribution in [0.15, 0.2) is 0 Å². The molecule has 5 N–H and O–H groups in total. The van der Waals surface area contributed by atoms with Gasteiger partial charge in [-0.3, -0.25) is 14.4 Å². The second-order valence-electron chi connectivity index (χ2n) is 8.98. The maximum Gasteiger partial charge on any atom is 0.326 e. The van der Waals surface area contributed by atoms with Gasteiger partial charge in [0.25, 0.3) is 0 Å². The van der Waals surface area contributed by atoms with Crippen molar-refractivity contribution in [2.24, 2.45) is 17.6 Å². The second kappa shape index (κ2) is 13.7. The Labute approximate surface area is 195 Å². The molecule has 1 fully saturated rings. The van der Waals surface area contributed by atoms with E-state index in [1.807, 2.05) is 34.0 Å². The van der Waals surface area contributed by atoms with Crippen molar-refractivity contribution in [1.29, 1.82) is 0 Å². The summed E-state index contributed by atoms with van der Waals surface area (Å²) in [5.74, 6) is -1.63. The number of nitrogens with two attached hydrogens (primary N) is 1. The number of thioether (sulfide) groups is 1. The number of hydrogen-bond donors (Lipinski definition) is 4. The maximum atomic E-state index is 13.1. The number of carboxylic acid groups (broad SMARTS) is 1. The molecule has 1 aliphatic heterocycles. The molecule has 184 valence electrons. The van der Waals surface area contributed by atoms with Crippen molar-refractivity contribution < 1.29 is 24.3 Å². The number of rotatable bonds is 13. The predicted octanol–water partition coefficient (Wildman–Crippen LogP) is 1.20. The van der Waals surface area contributed by atoms with Gasteiger partial charge < -0.3 is 26.4 Å². The van der Waals surface area contributed by atoms with Crippen LogP contribution in [0.3, 0.4) is 0 Å². The summed E-state index contributed by atoms with van der Waals surface area (Å²) in [7, 11) is 0. The van der Waals surface area contributed by atoms with Crippen LogP contribution in [0.25, 0.3) is 0 Å². The van der Waals surface area contributed by atoms with E-state index in [1.54, 1.807) is 11.8 Å². The lowest BCUT2D eigenvalue weighted by Crippen LogP contribution is -2.58. The van der Waals surface area contributed by atoms with E-state index in [0.717, 1.165) is 5.75 Å². The van der Waals surface area contributed by atoms with Crippen LogP contribution in [0, 0.1) is 11.8 Å². The summed E-state index contributed by atoms with van der Waals surface area (Å²) in [6, 6.07) is -3.24. The van der Waals surface area contributed by atoms with Gasteiger partial charge in [-0.15, -0.1) is 0 Å². The molecule has 1 saturated heterocycles. The Balaban J connectivity index is 2.91. The molecule has 0 bridgehead atoms. The number of nitrogens with zero attached hydrogens (tertiary/aromatic N) is 1. The van der Waals surface area contributed by atoms with E-state index in [-0.39, 0.29) is 17.7 Å². The number of likely N-dealkylation sites (tertiary alicyclic amines) is 1. The minimum absolute atomic E-state index is 0.0846. The van der Waals surface area contributed by atoms with Crippen molar-refractivity contribution >= 4 is 35.5 Å². The molecule has 1 heterocycles. The van der Waals surface area contributed by atoms with Crippen LogP contribution < -0.4 is 16.4 Å². The standard InChI is InChI=1S/C22H40N4O5S/c1-6-14(4)18(20(28)24-16(22(30)31)12-13(2)3)25-19(27)17-8-7-10-26(17)21(29)15(23)9-11-32-5/h13-18H,6-12,23H2,1-5H3,(H,24,28)(H,25,27)(H,30,31). The second-order valence-corrected chi connectivity index (χ2v) is 9.96. The largest absolute Gasteiger partial charge is 0.480 e. The lowest BCUT2D eigenvalue weighted by atomic mass is 9.96. The van der Waals surface area contributed by atoms with Crippen LogP contribution in [0.4, 0.5) is 0 Å². The Kier molecular flexibility index (Phi) is 12.1. The molecule has 0 saturated carbocycles. The van der Waals surface area contributed by atoms with Crippen LogP contribution in [-0.2, 0) is 19.2 Å². The topological polar surface area (TPSA) is 142 Å². The number of nitrogens with one attached hydrogen (secondary N) is 2. The highest BCUT2D eigenvalue weighted by atomic mass is 32.2. The summed E-state index contributed by atoms with van der Waals surface area (Å²) in [6.45, 7) is 7.95. The van der Waals surface area contributed by atoms with E-state index < -0.39 is 42.0 Å². The molecule has 0 aliphatic carbocycles. The van der Waals surface area contributed by atoms with E-state index in [4.69, 9.17) is 5.73 Å². The zero-order chi connectivity index (χ0) is 24.4. The van der Waals surface area contributed by atoms with Crippen molar-refractivity contribution in [3.8, 4) is 0 Å². The van der Waals surface area contributed by atoms with Crippen LogP contribution in [0.1, 0.15) is 59.8 Å². The Morgan fingerprint density at radius 3 is 2.38 bits per heavy atom. The van der Waals surface area contributed by atoms with Crippen LogP contribution in [0.5, 0.6) is 0 Å². The minimum Gasteiger partial charge on any atom is -0.480 e. The van der Waals surface area contributed by atoms with Gasteiger partial charge in [-0.2, -0.15) is 11.8 Å². The SMILES string of the molecule is CCC(C)C(NC(=O)C1CCCN1C(=O)C(N)CCSC)C(=O)NC(CC(C)C)C(=O)O. The maximum absolute atomic E-state index is 13.1. The summed E-state index contributed by atoms with van der Waals surface area (Å²) in [6.07, 6.45) is 4.59. The molecule has 32 heavy (non-hydrogen) atoms. The number of carboxylic acids is 1. The smallest absolute Gasteiger partial charge is 0.326 e. The fourth-order valence-electron chi connectivity index (χ4n) is 3.79. The Hall–Kier alpha value is -1.81. The molecule has 0 aromatic rings. The fraction of sp³-hybridized carbons (Fsp3) is 0.818. The first-order valence-corrected chi connectivity index (χ1v) is 12.8. The third kappa shape index (κ3) is 8.27. The summed E-state index contributed by atoms with van der Waals surface area (Å²) >= 11 is 1.61.